The van der Waals surface area contributed by atoms with Crippen LogP contribution in [0.1, 0.15) is 23.0 Å². The highest BCUT2D eigenvalue weighted by atomic mass is 32.2. The first-order valence-electron chi connectivity index (χ1n) is 9.32. The van der Waals surface area contributed by atoms with Gasteiger partial charge in [0, 0.05) is 35.8 Å². The summed E-state index contributed by atoms with van der Waals surface area (Å²) in [7, 11) is 1.69. The number of carbonyl (C=O) groups excluding carboxylic acids is 1. The van der Waals surface area contributed by atoms with Crippen molar-refractivity contribution < 1.29 is 9.53 Å². The van der Waals surface area contributed by atoms with E-state index in [0.29, 0.717) is 13.2 Å². The maximum absolute atomic E-state index is 13.3. The SMILES string of the molecule is COCCn1c(S[C@H](C)C(=O)c2c(C)[nH]c3ccccc23)nc2ccccc21. The molecule has 1 N–H and O–H groups in total. The fourth-order valence-electron chi connectivity index (χ4n) is 3.55. The van der Waals surface area contributed by atoms with Gasteiger partial charge in [0.25, 0.3) is 0 Å². The van der Waals surface area contributed by atoms with Gasteiger partial charge in [-0.15, -0.1) is 0 Å². The number of thioether (sulfide) groups is 1. The molecule has 0 aliphatic carbocycles. The van der Waals surface area contributed by atoms with Gasteiger partial charge in [-0.3, -0.25) is 4.79 Å². The van der Waals surface area contributed by atoms with Crippen molar-refractivity contribution in [3.05, 3.63) is 59.8 Å². The Bertz CT molecular complexity index is 1150. The molecule has 0 radical (unpaired) electrons. The number of aryl methyl sites for hydroxylation is 1. The second kappa shape index (κ2) is 7.81. The Balaban J connectivity index is 1.67. The van der Waals surface area contributed by atoms with Crippen molar-refractivity contribution in [1.82, 2.24) is 14.5 Å². The number of benzene rings is 2. The molecule has 4 rings (SSSR count). The first kappa shape index (κ1) is 18.8. The molecule has 5 nitrogen and oxygen atoms in total. The van der Waals surface area contributed by atoms with Crippen LogP contribution in [0.4, 0.5) is 0 Å². The highest BCUT2D eigenvalue weighted by Crippen LogP contribution is 2.31. The number of hydrogen-bond donors (Lipinski definition) is 1. The van der Waals surface area contributed by atoms with E-state index in [1.165, 1.54) is 11.8 Å². The van der Waals surface area contributed by atoms with Gasteiger partial charge in [-0.05, 0) is 32.0 Å². The van der Waals surface area contributed by atoms with Crippen LogP contribution in [0.3, 0.4) is 0 Å². The number of nitrogens with one attached hydrogen (secondary N) is 1. The van der Waals surface area contributed by atoms with Crippen molar-refractivity contribution >= 4 is 39.5 Å². The van der Waals surface area contributed by atoms with E-state index in [1.54, 1.807) is 7.11 Å². The highest BCUT2D eigenvalue weighted by molar-refractivity contribution is 8.00. The van der Waals surface area contributed by atoms with Crippen LogP contribution in [0.15, 0.2) is 53.7 Å². The van der Waals surface area contributed by atoms with E-state index in [-0.39, 0.29) is 11.0 Å². The molecule has 0 aliphatic rings. The molecule has 2 aromatic heterocycles. The van der Waals surface area contributed by atoms with Gasteiger partial charge in [0.1, 0.15) is 0 Å². The summed E-state index contributed by atoms with van der Waals surface area (Å²) < 4.78 is 7.40. The normalized spacial score (nSPS) is 12.7. The average Bonchev–Trinajstić information content (AvgIpc) is 3.21. The fraction of sp³-hybridized carbons (Fsp3) is 0.273. The summed E-state index contributed by atoms with van der Waals surface area (Å²) in [5, 5.41) is 1.57. The Morgan fingerprint density at radius 2 is 1.96 bits per heavy atom. The molecule has 2 aromatic carbocycles. The van der Waals surface area contributed by atoms with Gasteiger partial charge in [-0.2, -0.15) is 0 Å². The van der Waals surface area contributed by atoms with E-state index in [9.17, 15) is 4.79 Å². The third-order valence-corrected chi connectivity index (χ3v) is 6.02. The van der Waals surface area contributed by atoms with Crippen molar-refractivity contribution in [2.45, 2.75) is 30.8 Å². The van der Waals surface area contributed by atoms with Gasteiger partial charge in [0.2, 0.25) is 0 Å². The van der Waals surface area contributed by atoms with Crippen LogP contribution in [-0.2, 0) is 11.3 Å². The van der Waals surface area contributed by atoms with Crippen LogP contribution in [0, 0.1) is 6.92 Å². The number of para-hydroxylation sites is 3. The number of H-pyrrole nitrogens is 1. The molecular weight excluding hydrogens is 370 g/mol. The molecule has 0 amide bonds. The van der Waals surface area contributed by atoms with E-state index in [4.69, 9.17) is 9.72 Å². The maximum atomic E-state index is 13.3. The fourth-order valence-corrected chi connectivity index (χ4v) is 4.56. The number of aromatic amines is 1. The summed E-state index contributed by atoms with van der Waals surface area (Å²) in [5.41, 5.74) is 4.67. The second-order valence-corrected chi connectivity index (χ2v) is 8.13. The van der Waals surface area contributed by atoms with Gasteiger partial charge in [-0.1, -0.05) is 42.1 Å². The quantitative estimate of drug-likeness (QED) is 0.361. The summed E-state index contributed by atoms with van der Waals surface area (Å²) in [5.74, 6) is 0.116. The molecule has 0 bridgehead atoms. The maximum Gasteiger partial charge on any atom is 0.178 e. The lowest BCUT2D eigenvalue weighted by molar-refractivity contribution is 0.0995. The van der Waals surface area contributed by atoms with Crippen LogP contribution in [0.2, 0.25) is 0 Å². The zero-order chi connectivity index (χ0) is 19.7. The predicted octanol–water partition coefficient (Wildman–Crippen LogP) is 4.84. The average molecular weight is 394 g/mol. The number of Topliss-reactive ketones (excluding diaryl/α,β-unsaturated/α-hetero) is 1. The van der Waals surface area contributed by atoms with Crippen molar-refractivity contribution in [3.63, 3.8) is 0 Å². The van der Waals surface area contributed by atoms with E-state index in [1.807, 2.05) is 56.3 Å². The zero-order valence-corrected chi connectivity index (χ0v) is 17.0. The largest absolute Gasteiger partial charge is 0.383 e. The molecule has 6 heteroatoms. The summed E-state index contributed by atoms with van der Waals surface area (Å²) in [6.07, 6.45) is 0. The van der Waals surface area contributed by atoms with Crippen LogP contribution in [0.25, 0.3) is 21.9 Å². The number of methoxy groups -OCH3 is 1. The number of fused-ring (bicyclic) bond motifs is 2. The molecular formula is C22H23N3O2S. The van der Waals surface area contributed by atoms with Crippen molar-refractivity contribution in [2.75, 3.05) is 13.7 Å². The minimum atomic E-state index is -0.254. The Morgan fingerprint density at radius 1 is 1.21 bits per heavy atom. The minimum absolute atomic E-state index is 0.116. The van der Waals surface area contributed by atoms with Gasteiger partial charge in [0.05, 0.1) is 22.9 Å². The standard InChI is InChI=1S/C22H23N3O2S/c1-14-20(16-8-4-5-9-17(16)23-14)21(26)15(2)28-22-24-18-10-6-7-11-19(18)25(22)12-13-27-3/h4-11,15,23H,12-13H2,1-3H3/t15-/m1/s1. The molecule has 1 atom stereocenters. The third kappa shape index (κ3) is 3.34. The number of carbonyl (C=O) groups is 1. The Morgan fingerprint density at radius 3 is 2.79 bits per heavy atom. The first-order chi connectivity index (χ1) is 13.6. The van der Waals surface area contributed by atoms with E-state index < -0.39 is 0 Å². The molecule has 0 saturated heterocycles. The summed E-state index contributed by atoms with van der Waals surface area (Å²) in [6.45, 7) is 5.21. The number of aromatic nitrogens is 3. The van der Waals surface area contributed by atoms with E-state index >= 15 is 0 Å². The number of ether oxygens (including phenoxy) is 1. The lowest BCUT2D eigenvalue weighted by atomic mass is 10.1. The molecule has 4 aromatic rings. The van der Waals surface area contributed by atoms with Gasteiger partial charge in [-0.25, -0.2) is 4.98 Å². The predicted molar refractivity (Wildman–Crippen MR) is 114 cm³/mol. The smallest absolute Gasteiger partial charge is 0.178 e. The molecule has 0 unspecified atom stereocenters. The molecule has 0 spiro atoms. The van der Waals surface area contributed by atoms with E-state index in [2.05, 4.69) is 15.6 Å². The molecule has 0 saturated carbocycles. The topological polar surface area (TPSA) is 59.9 Å². The Kier molecular flexibility index (Phi) is 5.24. The summed E-state index contributed by atoms with van der Waals surface area (Å²) >= 11 is 1.50. The van der Waals surface area contributed by atoms with Crippen molar-refractivity contribution in [2.24, 2.45) is 0 Å². The third-order valence-electron chi connectivity index (χ3n) is 4.93. The Labute approximate surface area is 168 Å². The lowest BCUT2D eigenvalue weighted by Gasteiger charge is -2.12. The zero-order valence-electron chi connectivity index (χ0n) is 16.2. The number of rotatable bonds is 7. The minimum Gasteiger partial charge on any atom is -0.383 e. The number of nitrogens with zero attached hydrogens (tertiary/aromatic N) is 2. The molecule has 0 fully saturated rings. The monoisotopic (exact) mass is 393 g/mol. The summed E-state index contributed by atoms with van der Waals surface area (Å²) in [6, 6.07) is 16.0. The Hall–Kier alpha value is -2.57. The van der Waals surface area contributed by atoms with Gasteiger partial charge in [0.15, 0.2) is 10.9 Å². The number of hydrogen-bond acceptors (Lipinski definition) is 4. The van der Waals surface area contributed by atoms with Crippen LogP contribution >= 0.6 is 11.8 Å². The molecule has 0 aliphatic heterocycles. The molecule has 2 heterocycles. The number of imidazole rings is 1. The van der Waals surface area contributed by atoms with Gasteiger partial charge < -0.3 is 14.3 Å². The second-order valence-electron chi connectivity index (χ2n) is 6.82. The lowest BCUT2D eigenvalue weighted by Crippen LogP contribution is -2.16. The van der Waals surface area contributed by atoms with Crippen LogP contribution in [-0.4, -0.2) is 39.3 Å². The van der Waals surface area contributed by atoms with Crippen molar-refractivity contribution in [3.8, 4) is 0 Å². The molecule has 28 heavy (non-hydrogen) atoms. The number of ketones is 1. The van der Waals surface area contributed by atoms with Gasteiger partial charge >= 0.3 is 0 Å². The molecule has 144 valence electrons. The first-order valence-corrected chi connectivity index (χ1v) is 10.2. The summed E-state index contributed by atoms with van der Waals surface area (Å²) in [4.78, 5) is 21.4. The van der Waals surface area contributed by atoms with Crippen LogP contribution < -0.4 is 0 Å². The van der Waals surface area contributed by atoms with Crippen molar-refractivity contribution in [1.29, 1.82) is 0 Å². The van der Waals surface area contributed by atoms with Crippen LogP contribution in [0.5, 0.6) is 0 Å². The van der Waals surface area contributed by atoms with E-state index in [0.717, 1.165) is 38.4 Å². The highest BCUT2D eigenvalue weighted by Gasteiger charge is 2.24.